The van der Waals surface area contributed by atoms with Crippen LogP contribution in [0.2, 0.25) is 31.7 Å². The second kappa shape index (κ2) is 14.3. The van der Waals surface area contributed by atoms with Gasteiger partial charge in [0.25, 0.3) is 0 Å². The fourth-order valence-electron chi connectivity index (χ4n) is 2.91. The van der Waals surface area contributed by atoms with Gasteiger partial charge >= 0.3 is 8.56 Å². The second-order valence-electron chi connectivity index (χ2n) is 7.28. The van der Waals surface area contributed by atoms with Crippen molar-refractivity contribution in [2.24, 2.45) is 0 Å². The Morgan fingerprint density at radius 1 is 0.741 bits per heavy atom. The maximum atomic E-state index is 11.9. The molecular formula is C18H40N2O5Si2. The number of nitrogens with one attached hydrogen (secondary N) is 2. The van der Waals surface area contributed by atoms with Gasteiger partial charge in [0.2, 0.25) is 11.8 Å². The first-order chi connectivity index (χ1) is 12.7. The van der Waals surface area contributed by atoms with E-state index >= 15 is 0 Å². The average Bonchev–Trinajstić information content (AvgIpc) is 2.56. The number of hydrogen-bond donors (Lipinski definition) is 2. The van der Waals surface area contributed by atoms with Crippen LogP contribution in [0, 0.1) is 0 Å². The molecule has 7 nitrogen and oxygen atoms in total. The molecule has 0 spiro atoms. The standard InChI is InChI=1S/C18H40N2O5Si2/c1-7-23-26(4,5)14-10-12-19-17(21)16-18(22)20-13-11-15-27(6,24-8-2)25-9-3/h7-16H2,1-6H3,(H,19,21)(H,20,22). The third-order valence-electron chi connectivity index (χ3n) is 4.16. The molecular weight excluding hydrogens is 380 g/mol. The van der Waals surface area contributed by atoms with Crippen LogP contribution in [-0.2, 0) is 22.9 Å². The third kappa shape index (κ3) is 14.0. The van der Waals surface area contributed by atoms with Gasteiger partial charge in [-0.15, -0.1) is 0 Å². The molecule has 0 atom stereocenters. The average molecular weight is 421 g/mol. The predicted molar refractivity (Wildman–Crippen MR) is 113 cm³/mol. The molecule has 160 valence electrons. The van der Waals surface area contributed by atoms with Gasteiger partial charge in [-0.1, -0.05) is 0 Å². The van der Waals surface area contributed by atoms with Gasteiger partial charge in [-0.05, 0) is 65.3 Å². The first-order valence-electron chi connectivity index (χ1n) is 10.1. The van der Waals surface area contributed by atoms with Gasteiger partial charge in [-0.2, -0.15) is 0 Å². The summed E-state index contributed by atoms with van der Waals surface area (Å²) in [7, 11) is -3.74. The minimum Gasteiger partial charge on any atom is -0.418 e. The minimum absolute atomic E-state index is 0.127. The third-order valence-corrected chi connectivity index (χ3v) is 9.85. The Kier molecular flexibility index (Phi) is 13.9. The van der Waals surface area contributed by atoms with Crippen molar-refractivity contribution in [1.82, 2.24) is 10.6 Å². The van der Waals surface area contributed by atoms with Crippen LogP contribution in [0.5, 0.6) is 0 Å². The Morgan fingerprint density at radius 2 is 1.19 bits per heavy atom. The molecule has 27 heavy (non-hydrogen) atoms. The zero-order chi connectivity index (χ0) is 20.8. The monoisotopic (exact) mass is 420 g/mol. The topological polar surface area (TPSA) is 85.9 Å². The molecule has 2 N–H and O–H groups in total. The van der Waals surface area contributed by atoms with Crippen molar-refractivity contribution in [2.75, 3.05) is 32.9 Å². The van der Waals surface area contributed by atoms with Crippen molar-refractivity contribution in [1.29, 1.82) is 0 Å². The van der Waals surface area contributed by atoms with Gasteiger partial charge in [0.15, 0.2) is 8.32 Å². The van der Waals surface area contributed by atoms with Gasteiger partial charge in [0.05, 0.1) is 0 Å². The SMILES string of the molecule is CCO[Si](C)(C)CCCNC(=O)CC(=O)NCCC[Si](C)(OCC)OCC. The van der Waals surface area contributed by atoms with Gasteiger partial charge in [0, 0.05) is 32.9 Å². The minimum atomic E-state index is -2.13. The Labute approximate surface area is 167 Å². The van der Waals surface area contributed by atoms with E-state index < -0.39 is 16.9 Å². The molecule has 0 aromatic carbocycles. The van der Waals surface area contributed by atoms with E-state index in [-0.39, 0.29) is 18.2 Å². The van der Waals surface area contributed by atoms with Crippen LogP contribution in [0.3, 0.4) is 0 Å². The van der Waals surface area contributed by atoms with Crippen molar-refractivity contribution in [3.8, 4) is 0 Å². The molecule has 0 saturated carbocycles. The summed E-state index contributed by atoms with van der Waals surface area (Å²) >= 11 is 0. The lowest BCUT2D eigenvalue weighted by atomic mass is 10.3. The lowest BCUT2D eigenvalue weighted by Gasteiger charge is -2.25. The number of amides is 2. The number of hydrogen-bond acceptors (Lipinski definition) is 5. The maximum absolute atomic E-state index is 11.9. The fraction of sp³-hybridized carbons (Fsp3) is 0.889. The molecule has 0 fully saturated rings. The van der Waals surface area contributed by atoms with E-state index in [1.807, 2.05) is 27.3 Å². The van der Waals surface area contributed by atoms with E-state index in [4.69, 9.17) is 13.3 Å². The van der Waals surface area contributed by atoms with Crippen LogP contribution < -0.4 is 10.6 Å². The van der Waals surface area contributed by atoms with Crippen LogP contribution in [-0.4, -0.2) is 61.6 Å². The maximum Gasteiger partial charge on any atom is 0.334 e. The molecule has 0 aromatic heterocycles. The zero-order valence-corrected chi connectivity index (χ0v) is 20.1. The molecule has 0 unspecified atom stereocenters. The summed E-state index contributed by atoms with van der Waals surface area (Å²) in [6.07, 6.45) is 1.54. The summed E-state index contributed by atoms with van der Waals surface area (Å²) in [5, 5.41) is 5.61. The van der Waals surface area contributed by atoms with E-state index in [9.17, 15) is 9.59 Å². The lowest BCUT2D eigenvalue weighted by Crippen LogP contribution is -2.40. The molecule has 0 rings (SSSR count). The summed E-state index contributed by atoms with van der Waals surface area (Å²) in [4.78, 5) is 23.7. The zero-order valence-electron chi connectivity index (χ0n) is 18.1. The van der Waals surface area contributed by atoms with E-state index in [1.54, 1.807) is 0 Å². The summed E-state index contributed by atoms with van der Waals surface area (Å²) < 4.78 is 17.3. The molecule has 2 amide bonds. The smallest absolute Gasteiger partial charge is 0.334 e. The van der Waals surface area contributed by atoms with Gasteiger partial charge in [0.1, 0.15) is 6.42 Å². The van der Waals surface area contributed by atoms with Crippen molar-refractivity contribution in [3.63, 3.8) is 0 Å². The molecule has 0 bridgehead atoms. The van der Waals surface area contributed by atoms with Crippen molar-refractivity contribution in [3.05, 3.63) is 0 Å². The van der Waals surface area contributed by atoms with Crippen molar-refractivity contribution < 1.29 is 22.9 Å². The molecule has 9 heteroatoms. The Morgan fingerprint density at radius 3 is 1.63 bits per heavy atom. The Bertz CT molecular complexity index is 430. The molecule has 0 heterocycles. The summed E-state index contributed by atoms with van der Waals surface area (Å²) in [5.74, 6) is -0.473. The van der Waals surface area contributed by atoms with Crippen LogP contribution in [0.1, 0.15) is 40.0 Å². The predicted octanol–water partition coefficient (Wildman–Crippen LogP) is 2.78. The first kappa shape index (κ1) is 26.3. The summed E-state index contributed by atoms with van der Waals surface area (Å²) in [6.45, 7) is 15.5. The number of carbonyl (C=O) groups excluding carboxylic acids is 2. The quantitative estimate of drug-likeness (QED) is 0.228. The second-order valence-corrected chi connectivity index (χ2v) is 14.9. The largest absolute Gasteiger partial charge is 0.418 e. The highest BCUT2D eigenvalue weighted by Gasteiger charge is 2.29. The van der Waals surface area contributed by atoms with E-state index in [2.05, 4.69) is 23.7 Å². The van der Waals surface area contributed by atoms with Crippen LogP contribution in [0.4, 0.5) is 0 Å². The normalized spacial score (nSPS) is 12.1. The number of carbonyl (C=O) groups is 2. The highest BCUT2D eigenvalue weighted by molar-refractivity contribution is 6.71. The highest BCUT2D eigenvalue weighted by atomic mass is 28.4. The fourth-order valence-corrected chi connectivity index (χ4v) is 7.28. The molecule has 0 saturated heterocycles. The molecule has 0 aliphatic rings. The summed E-state index contributed by atoms with van der Waals surface area (Å²) in [6, 6.07) is 1.82. The molecule has 0 aliphatic carbocycles. The van der Waals surface area contributed by atoms with Gasteiger partial charge in [-0.25, -0.2) is 0 Å². The first-order valence-corrected chi connectivity index (χ1v) is 15.8. The number of rotatable bonds is 16. The van der Waals surface area contributed by atoms with E-state index in [1.165, 1.54) is 0 Å². The summed E-state index contributed by atoms with van der Waals surface area (Å²) in [5.41, 5.74) is 0. The molecule has 0 aromatic rings. The Balaban J connectivity index is 3.90. The van der Waals surface area contributed by atoms with Crippen molar-refractivity contribution in [2.45, 2.75) is 71.8 Å². The highest BCUT2D eigenvalue weighted by Crippen LogP contribution is 2.15. The van der Waals surface area contributed by atoms with Crippen molar-refractivity contribution >= 4 is 28.7 Å². The van der Waals surface area contributed by atoms with E-state index in [0.717, 1.165) is 31.5 Å². The van der Waals surface area contributed by atoms with Crippen LogP contribution in [0.25, 0.3) is 0 Å². The molecule has 0 aliphatic heterocycles. The molecule has 0 radical (unpaired) electrons. The van der Waals surface area contributed by atoms with Gasteiger partial charge < -0.3 is 23.9 Å². The lowest BCUT2D eigenvalue weighted by molar-refractivity contribution is -0.129. The van der Waals surface area contributed by atoms with Gasteiger partial charge in [-0.3, -0.25) is 9.59 Å². The van der Waals surface area contributed by atoms with Crippen LogP contribution >= 0.6 is 0 Å². The van der Waals surface area contributed by atoms with E-state index in [0.29, 0.717) is 26.3 Å². The Hall–Kier alpha value is -0.746. The van der Waals surface area contributed by atoms with Crippen LogP contribution in [0.15, 0.2) is 0 Å².